The largest absolute Gasteiger partial charge is 0.477 e. The minimum Gasteiger partial charge on any atom is -0.477 e. The van der Waals surface area contributed by atoms with Gasteiger partial charge in [0.05, 0.1) is 6.61 Å². The van der Waals surface area contributed by atoms with Crippen molar-refractivity contribution in [3.8, 4) is 5.88 Å². The number of pyridine rings is 1. The van der Waals surface area contributed by atoms with Crippen molar-refractivity contribution < 1.29 is 4.74 Å². The molecular formula is C11H16N2O. The zero-order valence-electron chi connectivity index (χ0n) is 8.49. The summed E-state index contributed by atoms with van der Waals surface area (Å²) in [4.78, 5) is 4.17. The van der Waals surface area contributed by atoms with Crippen LogP contribution in [0.1, 0.15) is 12.0 Å². The average Bonchev–Trinajstić information content (AvgIpc) is 2.21. The van der Waals surface area contributed by atoms with Crippen molar-refractivity contribution in [2.45, 2.75) is 13.0 Å². The van der Waals surface area contributed by atoms with E-state index in [-0.39, 0.29) is 0 Å². The molecule has 0 aromatic carbocycles. The molecule has 0 aliphatic heterocycles. The van der Waals surface area contributed by atoms with Crippen molar-refractivity contribution in [1.29, 1.82) is 0 Å². The molecular weight excluding hydrogens is 176 g/mol. The Bertz CT molecular complexity index is 286. The van der Waals surface area contributed by atoms with Gasteiger partial charge in [-0.05, 0) is 19.5 Å². The molecule has 1 heterocycles. The molecule has 1 aromatic heterocycles. The van der Waals surface area contributed by atoms with Crippen LogP contribution >= 0.6 is 0 Å². The summed E-state index contributed by atoms with van der Waals surface area (Å²) >= 11 is 0. The van der Waals surface area contributed by atoms with Gasteiger partial charge < -0.3 is 10.1 Å². The molecule has 0 saturated carbocycles. The number of aromatic nitrogens is 1. The van der Waals surface area contributed by atoms with E-state index in [1.807, 2.05) is 25.3 Å². The first kappa shape index (κ1) is 10.7. The summed E-state index contributed by atoms with van der Waals surface area (Å²) < 4.78 is 5.51. The summed E-state index contributed by atoms with van der Waals surface area (Å²) in [6.07, 6.45) is 4.42. The third kappa shape index (κ3) is 3.18. The van der Waals surface area contributed by atoms with E-state index in [1.165, 1.54) is 0 Å². The van der Waals surface area contributed by atoms with Crippen LogP contribution < -0.4 is 10.1 Å². The van der Waals surface area contributed by atoms with Crippen LogP contribution in [0.15, 0.2) is 31.0 Å². The fraction of sp³-hybridized carbons (Fsp3) is 0.364. The van der Waals surface area contributed by atoms with Crippen molar-refractivity contribution in [1.82, 2.24) is 10.3 Å². The number of rotatable bonds is 6. The van der Waals surface area contributed by atoms with Crippen molar-refractivity contribution in [2.24, 2.45) is 0 Å². The van der Waals surface area contributed by atoms with Crippen molar-refractivity contribution in [2.75, 3.05) is 13.7 Å². The number of nitrogens with zero attached hydrogens (tertiary/aromatic N) is 1. The minimum absolute atomic E-state index is 0.636. The molecule has 14 heavy (non-hydrogen) atoms. The Hall–Kier alpha value is -1.35. The summed E-state index contributed by atoms with van der Waals surface area (Å²) in [5.74, 6) is 0.712. The van der Waals surface area contributed by atoms with Crippen LogP contribution in [0.2, 0.25) is 0 Å². The lowest BCUT2D eigenvalue weighted by Gasteiger charge is -2.08. The maximum atomic E-state index is 5.51. The summed E-state index contributed by atoms with van der Waals surface area (Å²) in [6, 6.07) is 3.92. The van der Waals surface area contributed by atoms with Crippen LogP contribution in [0.4, 0.5) is 0 Å². The Kier molecular flexibility index (Phi) is 4.72. The first-order chi connectivity index (χ1) is 6.88. The standard InChI is InChI=1S/C11H16N2O/c1-3-4-8-14-11-10(9-12-2)6-5-7-13-11/h3,5-7,12H,1,4,8-9H2,2H3. The molecule has 0 saturated heterocycles. The highest BCUT2D eigenvalue weighted by Gasteiger charge is 2.01. The summed E-state index contributed by atoms with van der Waals surface area (Å²) in [5, 5.41) is 3.07. The van der Waals surface area contributed by atoms with E-state index in [0.29, 0.717) is 12.5 Å². The second-order valence-corrected chi connectivity index (χ2v) is 2.92. The van der Waals surface area contributed by atoms with Gasteiger partial charge in [0.15, 0.2) is 0 Å². The molecule has 0 aliphatic carbocycles. The molecule has 1 rings (SSSR count). The van der Waals surface area contributed by atoms with E-state index in [1.54, 1.807) is 6.20 Å². The second-order valence-electron chi connectivity index (χ2n) is 2.92. The maximum absolute atomic E-state index is 5.51. The van der Waals surface area contributed by atoms with E-state index in [2.05, 4.69) is 16.9 Å². The third-order valence-corrected chi connectivity index (χ3v) is 1.78. The van der Waals surface area contributed by atoms with E-state index in [9.17, 15) is 0 Å². The van der Waals surface area contributed by atoms with Crippen LogP contribution in [0.3, 0.4) is 0 Å². The first-order valence-corrected chi connectivity index (χ1v) is 4.70. The van der Waals surface area contributed by atoms with Gasteiger partial charge in [-0.2, -0.15) is 0 Å². The van der Waals surface area contributed by atoms with E-state index in [4.69, 9.17) is 4.74 Å². The monoisotopic (exact) mass is 192 g/mol. The highest BCUT2D eigenvalue weighted by atomic mass is 16.5. The topological polar surface area (TPSA) is 34.1 Å². The summed E-state index contributed by atoms with van der Waals surface area (Å²) in [7, 11) is 1.90. The Morgan fingerprint density at radius 1 is 1.64 bits per heavy atom. The van der Waals surface area contributed by atoms with Gasteiger partial charge in [0.2, 0.25) is 5.88 Å². The van der Waals surface area contributed by atoms with Gasteiger partial charge in [0, 0.05) is 18.3 Å². The number of nitrogens with one attached hydrogen (secondary N) is 1. The molecule has 1 N–H and O–H groups in total. The van der Waals surface area contributed by atoms with Gasteiger partial charge in [-0.25, -0.2) is 4.98 Å². The van der Waals surface area contributed by atoms with E-state index >= 15 is 0 Å². The molecule has 1 aromatic rings. The molecule has 0 radical (unpaired) electrons. The van der Waals surface area contributed by atoms with Crippen molar-refractivity contribution in [3.05, 3.63) is 36.5 Å². The van der Waals surface area contributed by atoms with Crippen LogP contribution in [0.25, 0.3) is 0 Å². The van der Waals surface area contributed by atoms with Gasteiger partial charge in [-0.1, -0.05) is 12.1 Å². The van der Waals surface area contributed by atoms with Gasteiger partial charge in [0.1, 0.15) is 0 Å². The smallest absolute Gasteiger partial charge is 0.217 e. The Balaban J connectivity index is 2.59. The SMILES string of the molecule is C=CCCOc1ncccc1CNC. The Morgan fingerprint density at radius 3 is 3.21 bits per heavy atom. The predicted molar refractivity (Wildman–Crippen MR) is 57.3 cm³/mol. The van der Waals surface area contributed by atoms with Gasteiger partial charge in [0.25, 0.3) is 0 Å². The Labute approximate surface area is 84.8 Å². The highest BCUT2D eigenvalue weighted by molar-refractivity contribution is 5.25. The lowest BCUT2D eigenvalue weighted by atomic mass is 10.3. The number of ether oxygens (including phenoxy) is 1. The van der Waals surface area contributed by atoms with Crippen molar-refractivity contribution in [3.63, 3.8) is 0 Å². The zero-order chi connectivity index (χ0) is 10.2. The molecule has 0 bridgehead atoms. The predicted octanol–water partition coefficient (Wildman–Crippen LogP) is 1.76. The van der Waals surface area contributed by atoms with Crippen LogP contribution in [-0.2, 0) is 6.54 Å². The van der Waals surface area contributed by atoms with E-state index < -0.39 is 0 Å². The fourth-order valence-corrected chi connectivity index (χ4v) is 1.12. The lowest BCUT2D eigenvalue weighted by molar-refractivity contribution is 0.308. The molecule has 0 aliphatic rings. The van der Waals surface area contributed by atoms with Crippen molar-refractivity contribution >= 4 is 0 Å². The van der Waals surface area contributed by atoms with Crippen LogP contribution in [-0.4, -0.2) is 18.6 Å². The molecule has 0 fully saturated rings. The maximum Gasteiger partial charge on any atom is 0.217 e. The molecule has 3 heteroatoms. The number of hydrogen-bond donors (Lipinski definition) is 1. The second kappa shape index (κ2) is 6.16. The normalized spacial score (nSPS) is 9.79. The molecule has 0 amide bonds. The molecule has 0 atom stereocenters. The minimum atomic E-state index is 0.636. The molecule has 76 valence electrons. The molecule has 3 nitrogen and oxygen atoms in total. The Morgan fingerprint density at radius 2 is 2.50 bits per heavy atom. The zero-order valence-corrected chi connectivity index (χ0v) is 8.49. The average molecular weight is 192 g/mol. The van der Waals surface area contributed by atoms with Gasteiger partial charge in [-0.3, -0.25) is 0 Å². The fourth-order valence-electron chi connectivity index (χ4n) is 1.12. The van der Waals surface area contributed by atoms with Gasteiger partial charge >= 0.3 is 0 Å². The highest BCUT2D eigenvalue weighted by Crippen LogP contribution is 2.13. The quantitative estimate of drug-likeness (QED) is 0.551. The van der Waals surface area contributed by atoms with Crippen LogP contribution in [0, 0.1) is 0 Å². The summed E-state index contributed by atoms with van der Waals surface area (Å²) in [6.45, 7) is 5.05. The van der Waals surface area contributed by atoms with Gasteiger partial charge in [-0.15, -0.1) is 6.58 Å². The van der Waals surface area contributed by atoms with Crippen LogP contribution in [0.5, 0.6) is 5.88 Å². The number of hydrogen-bond acceptors (Lipinski definition) is 3. The first-order valence-electron chi connectivity index (χ1n) is 4.70. The summed E-state index contributed by atoms with van der Waals surface area (Å²) in [5.41, 5.74) is 1.08. The lowest BCUT2D eigenvalue weighted by Crippen LogP contribution is -2.08. The molecule has 0 unspecified atom stereocenters. The molecule has 0 spiro atoms. The third-order valence-electron chi connectivity index (χ3n) is 1.78. The van der Waals surface area contributed by atoms with E-state index in [0.717, 1.165) is 18.5 Å².